The summed E-state index contributed by atoms with van der Waals surface area (Å²) in [5, 5.41) is 0. The monoisotopic (exact) mass is 120 g/mol. The Kier molecular flexibility index (Phi) is 8.57. The Morgan fingerprint density at radius 2 is 2.00 bits per heavy atom. The van der Waals surface area contributed by atoms with E-state index in [9.17, 15) is 0 Å². The van der Waals surface area contributed by atoms with E-state index >= 15 is 0 Å². The van der Waals surface area contributed by atoms with Crippen LogP contribution in [0, 0.1) is 6.92 Å². The van der Waals surface area contributed by atoms with Crippen molar-refractivity contribution in [1.29, 1.82) is 0 Å². The minimum atomic E-state index is 0. The van der Waals surface area contributed by atoms with E-state index in [0.717, 1.165) is 6.54 Å². The molecule has 0 N–H and O–H groups in total. The molecular formula is C7H15LiN. The topological polar surface area (TPSA) is 3.24 Å². The van der Waals surface area contributed by atoms with Gasteiger partial charge in [0.25, 0.3) is 0 Å². The standard InChI is InChI=1S/C7H14N.Li.H/c1-5-7(2)6-8(3)4;;/h5H,1,6H2,2-4H3;;. The third-order valence-electron chi connectivity index (χ3n) is 0.914. The molecule has 0 saturated heterocycles. The zero-order valence-corrected chi connectivity index (χ0v) is 5.94. The van der Waals surface area contributed by atoms with Crippen molar-refractivity contribution in [2.24, 2.45) is 0 Å². The van der Waals surface area contributed by atoms with Gasteiger partial charge >= 0.3 is 18.9 Å². The average Bonchev–Trinajstić information content (AvgIpc) is 1.65. The van der Waals surface area contributed by atoms with Crippen LogP contribution in [0.3, 0.4) is 0 Å². The summed E-state index contributed by atoms with van der Waals surface area (Å²) in [5.41, 5.74) is 1.31. The van der Waals surface area contributed by atoms with Crippen molar-refractivity contribution in [3.8, 4) is 0 Å². The Morgan fingerprint density at radius 1 is 1.56 bits per heavy atom. The summed E-state index contributed by atoms with van der Waals surface area (Å²) in [5.74, 6) is 0. The molecule has 0 rings (SSSR count). The van der Waals surface area contributed by atoms with Crippen LogP contribution in [0.25, 0.3) is 0 Å². The average molecular weight is 120 g/mol. The third kappa shape index (κ3) is 8.30. The van der Waals surface area contributed by atoms with E-state index in [4.69, 9.17) is 0 Å². The molecule has 0 aliphatic carbocycles. The Balaban J connectivity index is 0. The van der Waals surface area contributed by atoms with Gasteiger partial charge in [-0.3, -0.25) is 0 Å². The molecule has 0 saturated carbocycles. The van der Waals surface area contributed by atoms with Crippen LogP contribution in [-0.4, -0.2) is 44.4 Å². The molecular weight excluding hydrogens is 105 g/mol. The van der Waals surface area contributed by atoms with Gasteiger partial charge in [0.1, 0.15) is 0 Å². The number of nitrogens with zero attached hydrogens (tertiary/aromatic N) is 1. The number of allylic oxidation sites excluding steroid dienone is 1. The van der Waals surface area contributed by atoms with Gasteiger partial charge in [-0.2, -0.15) is 0 Å². The van der Waals surface area contributed by atoms with Crippen LogP contribution in [-0.2, 0) is 0 Å². The first-order chi connectivity index (χ1) is 3.66. The first-order valence-corrected chi connectivity index (χ1v) is 2.76. The Hall–Kier alpha value is 0.297. The maximum absolute atomic E-state index is 3.65. The second-order valence-corrected chi connectivity index (χ2v) is 2.29. The van der Waals surface area contributed by atoms with Crippen molar-refractivity contribution in [1.82, 2.24) is 4.90 Å². The molecule has 0 aliphatic rings. The molecule has 1 nitrogen and oxygen atoms in total. The van der Waals surface area contributed by atoms with Gasteiger partial charge in [-0.25, -0.2) is 0 Å². The van der Waals surface area contributed by atoms with E-state index < -0.39 is 0 Å². The molecule has 0 aromatic heterocycles. The molecule has 2 heteroatoms. The molecule has 0 amide bonds. The summed E-state index contributed by atoms with van der Waals surface area (Å²) in [4.78, 5) is 2.12. The molecule has 0 bridgehead atoms. The van der Waals surface area contributed by atoms with Crippen LogP contribution in [0.4, 0.5) is 0 Å². The molecule has 0 spiro atoms. The second kappa shape index (κ2) is 6.42. The molecule has 0 aromatic carbocycles. The van der Waals surface area contributed by atoms with Crippen molar-refractivity contribution >= 4 is 18.9 Å². The Labute approximate surface area is 70.3 Å². The molecule has 9 heavy (non-hydrogen) atoms. The van der Waals surface area contributed by atoms with Gasteiger partial charge in [0.05, 0.1) is 0 Å². The van der Waals surface area contributed by atoms with Crippen LogP contribution in [0.1, 0.15) is 6.92 Å². The van der Waals surface area contributed by atoms with Gasteiger partial charge in [-0.15, -0.1) is 0 Å². The van der Waals surface area contributed by atoms with E-state index in [-0.39, 0.29) is 18.9 Å². The molecule has 0 fully saturated rings. The number of likely N-dealkylation sites (N-methyl/N-ethyl adjacent to an activating group) is 1. The Bertz CT molecular complexity index is 86.9. The third-order valence-corrected chi connectivity index (χ3v) is 0.914. The fraction of sp³-hybridized carbons (Fsp3) is 0.571. The van der Waals surface area contributed by atoms with Crippen LogP contribution in [0.5, 0.6) is 0 Å². The number of hydrogen-bond acceptors (Lipinski definition) is 1. The normalized spacial score (nSPS) is 11.4. The van der Waals surface area contributed by atoms with Crippen molar-refractivity contribution < 1.29 is 0 Å². The van der Waals surface area contributed by atoms with Gasteiger partial charge < -0.3 is 4.90 Å². The number of rotatable bonds is 2. The van der Waals surface area contributed by atoms with E-state index in [1.165, 1.54) is 5.57 Å². The fourth-order valence-corrected chi connectivity index (χ4v) is 0.563. The van der Waals surface area contributed by atoms with Gasteiger partial charge in [-0.1, -0.05) is 11.6 Å². The van der Waals surface area contributed by atoms with Crippen LogP contribution in [0.15, 0.2) is 11.6 Å². The molecule has 1 radical (unpaired) electrons. The van der Waals surface area contributed by atoms with E-state index in [1.807, 2.05) is 20.2 Å². The Morgan fingerprint density at radius 3 is 2.11 bits per heavy atom. The SMILES string of the molecule is [CH2]C=C(C)CN(C)C.[LiH]. The van der Waals surface area contributed by atoms with Gasteiger partial charge in [0, 0.05) is 6.54 Å². The summed E-state index contributed by atoms with van der Waals surface area (Å²) < 4.78 is 0. The molecule has 0 heterocycles. The summed E-state index contributed by atoms with van der Waals surface area (Å²) in [7, 11) is 4.10. The van der Waals surface area contributed by atoms with Crippen molar-refractivity contribution in [3.63, 3.8) is 0 Å². The van der Waals surface area contributed by atoms with E-state index in [1.54, 1.807) is 0 Å². The predicted molar refractivity (Wildman–Crippen MR) is 44.8 cm³/mol. The van der Waals surface area contributed by atoms with E-state index in [2.05, 4.69) is 18.7 Å². The molecule has 0 unspecified atom stereocenters. The summed E-state index contributed by atoms with van der Waals surface area (Å²) in [6.45, 7) is 6.74. The first kappa shape index (κ1) is 12.0. The first-order valence-electron chi connectivity index (χ1n) is 2.76. The minimum absolute atomic E-state index is 0. The predicted octanol–water partition coefficient (Wildman–Crippen LogP) is 0.680. The maximum atomic E-state index is 3.65. The number of hydrogen-bond donors (Lipinski definition) is 0. The van der Waals surface area contributed by atoms with Crippen molar-refractivity contribution in [3.05, 3.63) is 18.6 Å². The van der Waals surface area contributed by atoms with Gasteiger partial charge in [-0.05, 0) is 27.9 Å². The zero-order valence-electron chi connectivity index (χ0n) is 5.94. The fourth-order valence-electron chi connectivity index (χ4n) is 0.563. The van der Waals surface area contributed by atoms with Crippen molar-refractivity contribution in [2.75, 3.05) is 20.6 Å². The zero-order chi connectivity index (χ0) is 6.57. The summed E-state index contributed by atoms with van der Waals surface area (Å²) in [6.07, 6.45) is 1.89. The molecule has 0 atom stereocenters. The van der Waals surface area contributed by atoms with Crippen LogP contribution >= 0.6 is 0 Å². The quantitative estimate of drug-likeness (QED) is 0.484. The van der Waals surface area contributed by atoms with Crippen LogP contribution < -0.4 is 0 Å². The molecule has 49 valence electrons. The summed E-state index contributed by atoms with van der Waals surface area (Å²) >= 11 is 0. The van der Waals surface area contributed by atoms with Crippen LogP contribution in [0.2, 0.25) is 0 Å². The van der Waals surface area contributed by atoms with E-state index in [0.29, 0.717) is 0 Å². The van der Waals surface area contributed by atoms with Gasteiger partial charge in [0.15, 0.2) is 0 Å². The van der Waals surface area contributed by atoms with Crippen molar-refractivity contribution in [2.45, 2.75) is 6.92 Å². The molecule has 0 aromatic rings. The molecule has 0 aliphatic heterocycles. The second-order valence-electron chi connectivity index (χ2n) is 2.29. The van der Waals surface area contributed by atoms with Gasteiger partial charge in [0.2, 0.25) is 0 Å². The summed E-state index contributed by atoms with van der Waals surface area (Å²) in [6, 6.07) is 0.